The molecule has 2 N–H and O–H groups in total. The normalized spacial score (nSPS) is 11.8. The molecule has 2 rings (SSSR count). The summed E-state index contributed by atoms with van der Waals surface area (Å²) in [6.45, 7) is 6.01. The van der Waals surface area contributed by atoms with Crippen LogP contribution >= 0.6 is 11.3 Å². The highest BCUT2D eigenvalue weighted by Gasteiger charge is 2.24. The van der Waals surface area contributed by atoms with Crippen molar-refractivity contribution in [2.45, 2.75) is 32.6 Å². The van der Waals surface area contributed by atoms with E-state index in [4.69, 9.17) is 5.73 Å². The summed E-state index contributed by atoms with van der Waals surface area (Å²) in [7, 11) is 0. The first kappa shape index (κ1) is 13.9. The van der Waals surface area contributed by atoms with Crippen LogP contribution in [0, 0.1) is 11.6 Å². The number of nitrogens with two attached hydrogens (primary N) is 1. The Labute approximate surface area is 115 Å². The summed E-state index contributed by atoms with van der Waals surface area (Å²) in [5.74, 6) is -1.07. The molecular formula is C14H16F2N2S. The maximum atomic E-state index is 13.7. The maximum Gasteiger partial charge on any atom is 0.180 e. The second kappa shape index (κ2) is 4.89. The van der Waals surface area contributed by atoms with Crippen molar-refractivity contribution in [3.8, 4) is 0 Å². The van der Waals surface area contributed by atoms with Crippen molar-refractivity contribution in [3.05, 3.63) is 46.0 Å². The van der Waals surface area contributed by atoms with Crippen molar-refractivity contribution in [1.82, 2.24) is 4.98 Å². The molecule has 0 fully saturated rings. The standard InChI is InChI=1S/C14H16F2N2S/c1-14(2,3)12-11(19-13(17)18-12)7-8-9(15)5-4-6-10(8)16/h4-6H,7H2,1-3H3,(H2,17,18). The van der Waals surface area contributed by atoms with E-state index < -0.39 is 11.6 Å². The lowest BCUT2D eigenvalue weighted by molar-refractivity contribution is 0.552. The Bertz CT molecular complexity index is 580. The largest absolute Gasteiger partial charge is 0.375 e. The third-order valence-corrected chi connectivity index (χ3v) is 3.71. The molecule has 0 aliphatic carbocycles. The zero-order valence-electron chi connectivity index (χ0n) is 11.1. The number of hydrogen-bond donors (Lipinski definition) is 1. The molecule has 0 aliphatic heterocycles. The van der Waals surface area contributed by atoms with Gasteiger partial charge in [0.05, 0.1) is 5.69 Å². The smallest absolute Gasteiger partial charge is 0.180 e. The van der Waals surface area contributed by atoms with Gasteiger partial charge in [-0.2, -0.15) is 0 Å². The Hall–Kier alpha value is -1.49. The summed E-state index contributed by atoms with van der Waals surface area (Å²) in [5.41, 5.74) is 6.39. The third kappa shape index (κ3) is 2.92. The van der Waals surface area contributed by atoms with Crippen LogP contribution < -0.4 is 5.73 Å². The van der Waals surface area contributed by atoms with Gasteiger partial charge in [-0.25, -0.2) is 13.8 Å². The predicted molar refractivity (Wildman–Crippen MR) is 74.4 cm³/mol. The van der Waals surface area contributed by atoms with E-state index in [1.165, 1.54) is 29.5 Å². The summed E-state index contributed by atoms with van der Waals surface area (Å²) < 4.78 is 27.4. The van der Waals surface area contributed by atoms with Crippen LogP contribution in [0.25, 0.3) is 0 Å². The van der Waals surface area contributed by atoms with Crippen molar-refractivity contribution < 1.29 is 8.78 Å². The van der Waals surface area contributed by atoms with Crippen LogP contribution in [0.1, 0.15) is 36.9 Å². The Balaban J connectivity index is 2.45. The molecule has 0 aliphatic rings. The van der Waals surface area contributed by atoms with Gasteiger partial charge in [-0.3, -0.25) is 0 Å². The van der Waals surface area contributed by atoms with E-state index in [9.17, 15) is 8.78 Å². The van der Waals surface area contributed by atoms with Crippen LogP contribution in [0.3, 0.4) is 0 Å². The molecule has 0 spiro atoms. The van der Waals surface area contributed by atoms with Crippen LogP contribution in [0.5, 0.6) is 0 Å². The quantitative estimate of drug-likeness (QED) is 0.907. The minimum absolute atomic E-state index is 0.0663. The zero-order valence-corrected chi connectivity index (χ0v) is 11.9. The van der Waals surface area contributed by atoms with Crippen LogP contribution in [0.4, 0.5) is 13.9 Å². The monoisotopic (exact) mass is 282 g/mol. The highest BCUT2D eigenvalue weighted by atomic mass is 32.1. The number of hydrogen-bond acceptors (Lipinski definition) is 3. The van der Waals surface area contributed by atoms with E-state index in [0.717, 1.165) is 10.6 Å². The van der Waals surface area contributed by atoms with Gasteiger partial charge in [0, 0.05) is 22.3 Å². The molecule has 0 bridgehead atoms. The molecule has 2 nitrogen and oxygen atoms in total. The zero-order chi connectivity index (χ0) is 14.2. The van der Waals surface area contributed by atoms with Gasteiger partial charge in [-0.15, -0.1) is 11.3 Å². The summed E-state index contributed by atoms with van der Waals surface area (Å²) in [5, 5.41) is 0.427. The van der Waals surface area contributed by atoms with Crippen LogP contribution in [0.2, 0.25) is 0 Å². The van der Waals surface area contributed by atoms with E-state index in [0.29, 0.717) is 5.13 Å². The first-order chi connectivity index (χ1) is 8.79. The maximum absolute atomic E-state index is 13.7. The fourth-order valence-corrected chi connectivity index (χ4v) is 2.99. The fraction of sp³-hybridized carbons (Fsp3) is 0.357. The Morgan fingerprint density at radius 1 is 1.21 bits per heavy atom. The molecule has 0 atom stereocenters. The van der Waals surface area contributed by atoms with Gasteiger partial charge in [0.15, 0.2) is 5.13 Å². The molecule has 1 aromatic heterocycles. The number of benzene rings is 1. The molecule has 1 heterocycles. The van der Waals surface area contributed by atoms with E-state index in [1.54, 1.807) is 0 Å². The average molecular weight is 282 g/mol. The molecule has 5 heteroatoms. The Kier molecular flexibility index (Phi) is 3.58. The van der Waals surface area contributed by atoms with Gasteiger partial charge >= 0.3 is 0 Å². The Morgan fingerprint density at radius 2 is 1.79 bits per heavy atom. The Morgan fingerprint density at radius 3 is 2.32 bits per heavy atom. The number of thiazole rings is 1. The van der Waals surface area contributed by atoms with Crippen LogP contribution in [-0.4, -0.2) is 4.98 Å². The van der Waals surface area contributed by atoms with Gasteiger partial charge in [-0.05, 0) is 12.1 Å². The van der Waals surface area contributed by atoms with Gasteiger partial charge in [0.1, 0.15) is 11.6 Å². The number of nitrogen functional groups attached to an aromatic ring is 1. The molecule has 0 radical (unpaired) electrons. The number of anilines is 1. The van der Waals surface area contributed by atoms with Crippen molar-refractivity contribution in [2.75, 3.05) is 5.73 Å². The minimum atomic E-state index is -0.535. The lowest BCUT2D eigenvalue weighted by Gasteiger charge is -2.17. The molecule has 0 saturated carbocycles. The van der Waals surface area contributed by atoms with Gasteiger partial charge in [-0.1, -0.05) is 26.8 Å². The minimum Gasteiger partial charge on any atom is -0.375 e. The van der Waals surface area contributed by atoms with Crippen LogP contribution in [0.15, 0.2) is 18.2 Å². The van der Waals surface area contributed by atoms with E-state index in [2.05, 4.69) is 4.98 Å². The topological polar surface area (TPSA) is 38.9 Å². The van der Waals surface area contributed by atoms with Crippen molar-refractivity contribution in [3.63, 3.8) is 0 Å². The average Bonchev–Trinajstić information content (AvgIpc) is 2.65. The first-order valence-corrected chi connectivity index (χ1v) is 6.79. The molecule has 2 aromatic rings. The summed E-state index contributed by atoms with van der Waals surface area (Å²) in [6.07, 6.45) is 0.181. The highest BCUT2D eigenvalue weighted by molar-refractivity contribution is 7.15. The van der Waals surface area contributed by atoms with Crippen molar-refractivity contribution in [2.24, 2.45) is 0 Å². The van der Waals surface area contributed by atoms with Crippen molar-refractivity contribution >= 4 is 16.5 Å². The third-order valence-electron chi connectivity index (χ3n) is 2.82. The van der Waals surface area contributed by atoms with Gasteiger partial charge in [0.25, 0.3) is 0 Å². The molecular weight excluding hydrogens is 266 g/mol. The highest BCUT2D eigenvalue weighted by Crippen LogP contribution is 2.33. The lowest BCUT2D eigenvalue weighted by Crippen LogP contribution is -2.14. The van der Waals surface area contributed by atoms with Crippen LogP contribution in [-0.2, 0) is 11.8 Å². The molecule has 1 aromatic carbocycles. The summed E-state index contributed by atoms with van der Waals surface area (Å²) in [6, 6.07) is 3.89. The second-order valence-electron chi connectivity index (χ2n) is 5.45. The number of aromatic nitrogens is 1. The molecule has 0 amide bonds. The summed E-state index contributed by atoms with van der Waals surface area (Å²) >= 11 is 1.29. The molecule has 102 valence electrons. The first-order valence-electron chi connectivity index (χ1n) is 5.97. The number of nitrogens with zero attached hydrogens (tertiary/aromatic N) is 1. The number of halogens is 2. The van der Waals surface area contributed by atoms with E-state index in [1.807, 2.05) is 20.8 Å². The van der Waals surface area contributed by atoms with Crippen molar-refractivity contribution in [1.29, 1.82) is 0 Å². The fourth-order valence-electron chi connectivity index (χ4n) is 1.94. The lowest BCUT2D eigenvalue weighted by atomic mass is 9.90. The van der Waals surface area contributed by atoms with Gasteiger partial charge in [0.2, 0.25) is 0 Å². The van der Waals surface area contributed by atoms with E-state index in [-0.39, 0.29) is 17.4 Å². The SMILES string of the molecule is CC(C)(C)c1nc(N)sc1Cc1c(F)cccc1F. The van der Waals surface area contributed by atoms with E-state index >= 15 is 0 Å². The second-order valence-corrected chi connectivity index (χ2v) is 6.57. The predicted octanol–water partition coefficient (Wildman–Crippen LogP) is 3.89. The van der Waals surface area contributed by atoms with Gasteiger partial charge < -0.3 is 5.73 Å². The molecule has 0 saturated heterocycles. The number of rotatable bonds is 2. The molecule has 19 heavy (non-hydrogen) atoms. The summed E-state index contributed by atoms with van der Waals surface area (Å²) in [4.78, 5) is 5.10. The molecule has 0 unspecified atom stereocenters.